The molecular formula is C22H34N6O4S. The molecular weight excluding hydrogens is 444 g/mol. The van der Waals surface area contributed by atoms with E-state index in [1.54, 1.807) is 0 Å². The van der Waals surface area contributed by atoms with Crippen LogP contribution in [-0.2, 0) is 14.2 Å². The highest BCUT2D eigenvalue weighted by molar-refractivity contribution is 7.17. The predicted octanol–water partition coefficient (Wildman–Crippen LogP) is 2.73. The third kappa shape index (κ3) is 8.18. The number of carbonyl (C=O) groups is 1. The van der Waals surface area contributed by atoms with Crippen LogP contribution in [0.1, 0.15) is 36.3 Å². The topological polar surface area (TPSA) is 102 Å². The second-order valence-corrected chi connectivity index (χ2v) is 8.94. The van der Waals surface area contributed by atoms with Crippen molar-refractivity contribution in [2.24, 2.45) is 0 Å². The number of nitrogens with zero attached hydrogens (tertiary/aromatic N) is 5. The molecule has 0 aromatic carbocycles. The fourth-order valence-electron chi connectivity index (χ4n) is 3.34. The summed E-state index contributed by atoms with van der Waals surface area (Å²) in [6, 6.07) is 1.92. The number of hydrogen-bond donors (Lipinski definition) is 1. The lowest BCUT2D eigenvalue weighted by Gasteiger charge is -2.35. The highest BCUT2D eigenvalue weighted by Crippen LogP contribution is 2.25. The second kappa shape index (κ2) is 12.8. The van der Waals surface area contributed by atoms with Crippen molar-refractivity contribution in [1.82, 2.24) is 19.9 Å². The maximum absolute atomic E-state index is 12.1. The van der Waals surface area contributed by atoms with Crippen molar-refractivity contribution >= 4 is 34.1 Å². The zero-order valence-corrected chi connectivity index (χ0v) is 20.7. The van der Waals surface area contributed by atoms with Gasteiger partial charge in [-0.05, 0) is 27.7 Å². The lowest BCUT2D eigenvalue weighted by molar-refractivity contribution is 0.0383. The Morgan fingerprint density at radius 2 is 1.91 bits per heavy atom. The van der Waals surface area contributed by atoms with Gasteiger partial charge in [0.05, 0.1) is 32.1 Å². The van der Waals surface area contributed by atoms with E-state index in [0.717, 1.165) is 45.1 Å². The highest BCUT2D eigenvalue weighted by atomic mass is 32.1. The van der Waals surface area contributed by atoms with Gasteiger partial charge in [-0.2, -0.15) is 0 Å². The third-order valence-electron chi connectivity index (χ3n) is 4.93. The first-order valence-corrected chi connectivity index (χ1v) is 12.2. The molecule has 1 aliphatic heterocycles. The smallest absolute Gasteiger partial charge is 0.350 e. The van der Waals surface area contributed by atoms with Crippen LogP contribution in [0.25, 0.3) is 0 Å². The minimum Gasteiger partial charge on any atom is -0.459 e. The van der Waals surface area contributed by atoms with Gasteiger partial charge in [-0.15, -0.1) is 0 Å². The Labute approximate surface area is 199 Å². The number of hydrogen-bond acceptors (Lipinski definition) is 11. The van der Waals surface area contributed by atoms with Gasteiger partial charge in [-0.3, -0.25) is 4.90 Å². The Kier molecular flexibility index (Phi) is 9.79. The molecule has 0 saturated carbocycles. The van der Waals surface area contributed by atoms with E-state index in [1.807, 2.05) is 33.8 Å². The number of ether oxygens (including phenoxy) is 3. The van der Waals surface area contributed by atoms with Crippen LogP contribution in [0.3, 0.4) is 0 Å². The van der Waals surface area contributed by atoms with Crippen molar-refractivity contribution in [3.63, 3.8) is 0 Å². The summed E-state index contributed by atoms with van der Waals surface area (Å²) in [5.41, 5.74) is 0. The van der Waals surface area contributed by atoms with Gasteiger partial charge in [0.15, 0.2) is 5.13 Å². The number of thiazole rings is 1. The van der Waals surface area contributed by atoms with Gasteiger partial charge < -0.3 is 24.4 Å². The normalized spacial score (nSPS) is 14.6. The minimum atomic E-state index is -0.368. The monoisotopic (exact) mass is 478 g/mol. The molecule has 0 unspecified atom stereocenters. The molecule has 0 amide bonds. The molecule has 1 N–H and O–H groups in total. The average Bonchev–Trinajstić information content (AvgIpc) is 3.24. The van der Waals surface area contributed by atoms with E-state index in [9.17, 15) is 4.79 Å². The number of aromatic nitrogens is 3. The zero-order valence-electron chi connectivity index (χ0n) is 19.9. The summed E-state index contributed by atoms with van der Waals surface area (Å²) in [4.78, 5) is 30.6. The fraction of sp³-hybridized carbons (Fsp3) is 0.636. The third-order valence-corrected chi connectivity index (χ3v) is 5.83. The lowest BCUT2D eigenvalue weighted by Crippen LogP contribution is -2.47. The Morgan fingerprint density at radius 1 is 1.15 bits per heavy atom. The molecule has 0 atom stereocenters. The quantitative estimate of drug-likeness (QED) is 0.362. The standard InChI is InChI=1S/C22H34N6O4S/c1-5-30-12-13-31-11-10-27-6-8-28(9-7-27)20-14-19(24-17(4)25-20)26-22-23-15-18(33-22)21(29)32-16(2)3/h14-16H,5-13H2,1-4H3,(H,23,24,25,26). The van der Waals surface area contributed by atoms with Crippen molar-refractivity contribution in [1.29, 1.82) is 0 Å². The first-order valence-electron chi connectivity index (χ1n) is 11.4. The maximum atomic E-state index is 12.1. The van der Waals surface area contributed by atoms with Crippen LogP contribution in [-0.4, -0.2) is 91.1 Å². The number of anilines is 3. The van der Waals surface area contributed by atoms with Gasteiger partial charge >= 0.3 is 5.97 Å². The van der Waals surface area contributed by atoms with Crippen molar-refractivity contribution < 1.29 is 19.0 Å². The number of piperazine rings is 1. The molecule has 0 bridgehead atoms. The van der Waals surface area contributed by atoms with Crippen molar-refractivity contribution in [3.05, 3.63) is 23.0 Å². The van der Waals surface area contributed by atoms with Crippen LogP contribution in [0.4, 0.5) is 16.8 Å². The molecule has 10 nitrogen and oxygen atoms in total. The number of nitrogens with one attached hydrogen (secondary N) is 1. The molecule has 3 rings (SSSR count). The van der Waals surface area contributed by atoms with Crippen LogP contribution in [0.5, 0.6) is 0 Å². The SMILES string of the molecule is CCOCCOCCN1CCN(c2cc(Nc3ncc(C(=O)OC(C)C)s3)nc(C)n2)CC1. The van der Waals surface area contributed by atoms with E-state index >= 15 is 0 Å². The summed E-state index contributed by atoms with van der Waals surface area (Å²) in [5, 5.41) is 3.78. The van der Waals surface area contributed by atoms with Crippen LogP contribution >= 0.6 is 11.3 Å². The maximum Gasteiger partial charge on any atom is 0.350 e. The molecule has 0 radical (unpaired) electrons. The molecule has 1 aliphatic rings. The number of esters is 1. The number of rotatable bonds is 12. The van der Waals surface area contributed by atoms with Crippen LogP contribution in [0.2, 0.25) is 0 Å². The average molecular weight is 479 g/mol. The number of carbonyl (C=O) groups excluding carboxylic acids is 1. The molecule has 2 aromatic heterocycles. The Hall–Kier alpha value is -2.34. The summed E-state index contributed by atoms with van der Waals surface area (Å²) >= 11 is 1.24. The molecule has 1 saturated heterocycles. The second-order valence-electron chi connectivity index (χ2n) is 7.91. The van der Waals surface area contributed by atoms with Gasteiger partial charge in [0, 0.05) is 45.4 Å². The largest absolute Gasteiger partial charge is 0.459 e. The van der Waals surface area contributed by atoms with Gasteiger partial charge in [-0.25, -0.2) is 19.7 Å². The first kappa shape index (κ1) is 25.3. The van der Waals surface area contributed by atoms with Gasteiger partial charge in [0.2, 0.25) is 0 Å². The molecule has 11 heteroatoms. The van der Waals surface area contributed by atoms with Gasteiger partial charge in [-0.1, -0.05) is 11.3 Å². The Morgan fingerprint density at radius 3 is 2.64 bits per heavy atom. The van der Waals surface area contributed by atoms with Crippen LogP contribution < -0.4 is 10.2 Å². The first-order chi connectivity index (χ1) is 15.9. The molecule has 1 fully saturated rings. The van der Waals surface area contributed by atoms with Crippen molar-refractivity contribution in [3.8, 4) is 0 Å². The van der Waals surface area contributed by atoms with Crippen LogP contribution in [0.15, 0.2) is 12.3 Å². The Balaban J connectivity index is 1.51. The van der Waals surface area contributed by atoms with Crippen molar-refractivity contribution in [2.75, 3.05) is 69.4 Å². The Bertz CT molecular complexity index is 886. The van der Waals surface area contributed by atoms with Crippen LogP contribution in [0, 0.1) is 6.92 Å². The number of aryl methyl sites for hydroxylation is 1. The molecule has 0 aliphatic carbocycles. The summed E-state index contributed by atoms with van der Waals surface area (Å²) in [7, 11) is 0. The van der Waals surface area contributed by atoms with Gasteiger partial charge in [0.25, 0.3) is 0 Å². The summed E-state index contributed by atoms with van der Waals surface area (Å²) in [6.07, 6.45) is 1.35. The zero-order chi connectivity index (χ0) is 23.6. The van der Waals surface area contributed by atoms with E-state index in [2.05, 4.69) is 30.1 Å². The van der Waals surface area contributed by atoms with E-state index in [1.165, 1.54) is 17.5 Å². The van der Waals surface area contributed by atoms with E-state index in [4.69, 9.17) is 14.2 Å². The lowest BCUT2D eigenvalue weighted by atomic mass is 10.3. The molecule has 182 valence electrons. The summed E-state index contributed by atoms with van der Waals surface area (Å²) < 4.78 is 16.1. The molecule has 33 heavy (non-hydrogen) atoms. The van der Waals surface area contributed by atoms with E-state index in [0.29, 0.717) is 41.5 Å². The predicted molar refractivity (Wildman–Crippen MR) is 129 cm³/mol. The molecule has 3 heterocycles. The van der Waals surface area contributed by atoms with Crippen molar-refractivity contribution in [2.45, 2.75) is 33.8 Å². The summed E-state index contributed by atoms with van der Waals surface area (Å²) in [5.74, 6) is 1.85. The summed E-state index contributed by atoms with van der Waals surface area (Å²) in [6.45, 7) is 14.8. The van der Waals surface area contributed by atoms with E-state index < -0.39 is 0 Å². The fourth-order valence-corrected chi connectivity index (χ4v) is 4.05. The van der Waals surface area contributed by atoms with Gasteiger partial charge in [0.1, 0.15) is 22.3 Å². The minimum absolute atomic E-state index is 0.170. The highest BCUT2D eigenvalue weighted by Gasteiger charge is 2.19. The molecule has 2 aromatic rings. The molecule has 0 spiro atoms. The van der Waals surface area contributed by atoms with E-state index in [-0.39, 0.29) is 12.1 Å².